The van der Waals surface area contributed by atoms with Crippen LogP contribution in [0.4, 0.5) is 5.82 Å². The third-order valence-corrected chi connectivity index (χ3v) is 5.07. The lowest BCUT2D eigenvalue weighted by Crippen LogP contribution is -2.39. The summed E-state index contributed by atoms with van der Waals surface area (Å²) in [6.07, 6.45) is 3.38. The summed E-state index contributed by atoms with van der Waals surface area (Å²) < 4.78 is 5.18. The molecule has 1 unspecified atom stereocenters. The molecule has 23 heavy (non-hydrogen) atoms. The number of nitrogens with two attached hydrogens (primary N) is 2. The average molecular weight is 326 g/mol. The zero-order valence-electron chi connectivity index (χ0n) is 12.4. The van der Waals surface area contributed by atoms with Crippen molar-refractivity contribution >= 4 is 17.6 Å². The summed E-state index contributed by atoms with van der Waals surface area (Å²) in [6.45, 7) is 1.83. The number of nitrogens with zero attached hydrogens (tertiary/aromatic N) is 4. The standard InChI is InChI=1S/C15H14N6OS/c1-8-6-10(21-22-8)15(17)7-23-11-12(15)19-14(20-13(11)16)9-2-4-18-5-3-9/h2-6H,7,17H2,1H3,(H2,16,19,20). The lowest BCUT2D eigenvalue weighted by atomic mass is 9.94. The van der Waals surface area contributed by atoms with E-state index in [9.17, 15) is 0 Å². The monoisotopic (exact) mass is 326 g/mol. The van der Waals surface area contributed by atoms with Crippen molar-refractivity contribution in [2.75, 3.05) is 11.5 Å². The van der Waals surface area contributed by atoms with Gasteiger partial charge in [-0.15, -0.1) is 11.8 Å². The minimum Gasteiger partial charge on any atom is -0.383 e. The molecule has 4 rings (SSSR count). The van der Waals surface area contributed by atoms with Gasteiger partial charge in [-0.2, -0.15) is 0 Å². The molecule has 1 aliphatic heterocycles. The fourth-order valence-electron chi connectivity index (χ4n) is 2.57. The molecule has 1 aliphatic rings. The Bertz CT molecular complexity index is 881. The van der Waals surface area contributed by atoms with Crippen LogP contribution < -0.4 is 11.5 Å². The highest BCUT2D eigenvalue weighted by molar-refractivity contribution is 7.99. The molecule has 4 N–H and O–H groups in total. The van der Waals surface area contributed by atoms with Gasteiger partial charge in [0, 0.05) is 29.8 Å². The number of hydrogen-bond donors (Lipinski definition) is 2. The van der Waals surface area contributed by atoms with Crippen molar-refractivity contribution in [3.63, 3.8) is 0 Å². The second-order valence-corrected chi connectivity index (χ2v) is 6.41. The molecule has 8 heteroatoms. The minimum absolute atomic E-state index is 0.430. The van der Waals surface area contributed by atoms with Crippen molar-refractivity contribution in [3.8, 4) is 11.4 Å². The number of aryl methyl sites for hydroxylation is 1. The van der Waals surface area contributed by atoms with Crippen LogP contribution in [0.15, 0.2) is 40.0 Å². The SMILES string of the molecule is Cc1cc(C2(N)CSc3c(N)nc(-c4ccncc4)nc32)no1. The summed E-state index contributed by atoms with van der Waals surface area (Å²) in [5.41, 5.74) is 14.1. The molecule has 0 saturated carbocycles. The van der Waals surface area contributed by atoms with Gasteiger partial charge in [0.25, 0.3) is 0 Å². The molecule has 4 heterocycles. The van der Waals surface area contributed by atoms with Crippen LogP contribution in [0.3, 0.4) is 0 Å². The number of thioether (sulfide) groups is 1. The normalized spacial score (nSPS) is 19.7. The van der Waals surface area contributed by atoms with E-state index in [1.165, 1.54) is 0 Å². The van der Waals surface area contributed by atoms with Crippen molar-refractivity contribution in [2.24, 2.45) is 5.73 Å². The summed E-state index contributed by atoms with van der Waals surface area (Å²) in [5, 5.41) is 4.08. The molecule has 0 amide bonds. The second-order valence-electron chi connectivity index (χ2n) is 5.43. The topological polar surface area (TPSA) is 117 Å². The zero-order chi connectivity index (χ0) is 16.0. The van der Waals surface area contributed by atoms with Crippen LogP contribution in [-0.4, -0.2) is 25.9 Å². The van der Waals surface area contributed by atoms with Crippen LogP contribution >= 0.6 is 11.8 Å². The molecule has 0 aliphatic carbocycles. The van der Waals surface area contributed by atoms with E-state index in [0.717, 1.165) is 10.5 Å². The van der Waals surface area contributed by atoms with Crippen LogP contribution in [-0.2, 0) is 5.54 Å². The number of hydrogen-bond acceptors (Lipinski definition) is 8. The lowest BCUT2D eigenvalue weighted by Gasteiger charge is -2.20. The van der Waals surface area contributed by atoms with Gasteiger partial charge in [-0.3, -0.25) is 4.98 Å². The molecular formula is C15H14N6OS. The molecule has 0 bridgehead atoms. The maximum Gasteiger partial charge on any atom is 0.162 e. The van der Waals surface area contributed by atoms with Gasteiger partial charge in [-0.25, -0.2) is 9.97 Å². The van der Waals surface area contributed by atoms with Crippen LogP contribution in [0.5, 0.6) is 0 Å². The molecule has 116 valence electrons. The van der Waals surface area contributed by atoms with Gasteiger partial charge in [0.1, 0.15) is 22.8 Å². The van der Waals surface area contributed by atoms with Crippen molar-refractivity contribution in [1.82, 2.24) is 20.1 Å². The van der Waals surface area contributed by atoms with E-state index in [1.807, 2.05) is 25.1 Å². The molecule has 0 fully saturated rings. The number of nitrogen functional groups attached to an aromatic ring is 1. The van der Waals surface area contributed by atoms with Gasteiger partial charge < -0.3 is 16.0 Å². The highest BCUT2D eigenvalue weighted by Crippen LogP contribution is 2.46. The maximum absolute atomic E-state index is 6.62. The summed E-state index contributed by atoms with van der Waals surface area (Å²) in [5.74, 6) is 2.26. The fraction of sp³-hybridized carbons (Fsp3) is 0.200. The summed E-state index contributed by atoms with van der Waals surface area (Å²) in [4.78, 5) is 13.9. The van der Waals surface area contributed by atoms with Gasteiger partial charge in [-0.1, -0.05) is 5.16 Å². The predicted octanol–water partition coefficient (Wildman–Crippen LogP) is 1.73. The predicted molar refractivity (Wildman–Crippen MR) is 86.6 cm³/mol. The Morgan fingerprint density at radius 1 is 1.26 bits per heavy atom. The van der Waals surface area contributed by atoms with Crippen LogP contribution in [0, 0.1) is 6.92 Å². The molecule has 0 spiro atoms. The number of rotatable bonds is 2. The number of pyridine rings is 1. The first-order valence-corrected chi connectivity index (χ1v) is 8.00. The summed E-state index contributed by atoms with van der Waals surface area (Å²) >= 11 is 1.54. The number of fused-ring (bicyclic) bond motifs is 1. The smallest absolute Gasteiger partial charge is 0.162 e. The second kappa shape index (κ2) is 5.04. The van der Waals surface area contributed by atoms with Crippen molar-refractivity contribution in [3.05, 3.63) is 47.7 Å². The Balaban J connectivity index is 1.89. The van der Waals surface area contributed by atoms with Crippen LogP contribution in [0.1, 0.15) is 17.1 Å². The van der Waals surface area contributed by atoms with Gasteiger partial charge in [0.05, 0.1) is 10.6 Å². The highest BCUT2D eigenvalue weighted by Gasteiger charge is 2.43. The largest absolute Gasteiger partial charge is 0.383 e. The first kappa shape index (κ1) is 14.2. The molecule has 0 radical (unpaired) electrons. The molecule has 0 aromatic carbocycles. The zero-order valence-corrected chi connectivity index (χ0v) is 13.2. The van der Waals surface area contributed by atoms with Gasteiger partial charge >= 0.3 is 0 Å². The Kier molecular flexibility index (Phi) is 3.10. The first-order valence-electron chi connectivity index (χ1n) is 7.02. The van der Waals surface area contributed by atoms with E-state index in [1.54, 1.807) is 24.2 Å². The van der Waals surface area contributed by atoms with Crippen molar-refractivity contribution in [1.29, 1.82) is 0 Å². The van der Waals surface area contributed by atoms with Gasteiger partial charge in [-0.05, 0) is 19.1 Å². The van der Waals surface area contributed by atoms with Gasteiger partial charge in [0.2, 0.25) is 0 Å². The minimum atomic E-state index is -0.837. The summed E-state index contributed by atoms with van der Waals surface area (Å²) in [6, 6.07) is 5.50. The molecular weight excluding hydrogens is 312 g/mol. The molecule has 3 aromatic rings. The number of aromatic nitrogens is 4. The maximum atomic E-state index is 6.62. The molecule has 3 aromatic heterocycles. The Hall–Kier alpha value is -2.45. The average Bonchev–Trinajstić information content (AvgIpc) is 3.14. The Morgan fingerprint density at radius 2 is 2.04 bits per heavy atom. The van der Waals surface area contributed by atoms with E-state index in [0.29, 0.717) is 34.5 Å². The van der Waals surface area contributed by atoms with E-state index in [4.69, 9.17) is 16.0 Å². The molecule has 1 atom stereocenters. The Morgan fingerprint density at radius 3 is 2.74 bits per heavy atom. The third-order valence-electron chi connectivity index (χ3n) is 3.78. The van der Waals surface area contributed by atoms with E-state index in [2.05, 4.69) is 20.1 Å². The summed E-state index contributed by atoms with van der Waals surface area (Å²) in [7, 11) is 0. The van der Waals surface area contributed by atoms with Gasteiger partial charge in [0.15, 0.2) is 5.82 Å². The highest BCUT2D eigenvalue weighted by atomic mass is 32.2. The van der Waals surface area contributed by atoms with Crippen molar-refractivity contribution < 1.29 is 4.52 Å². The number of anilines is 1. The van der Waals surface area contributed by atoms with E-state index in [-0.39, 0.29) is 0 Å². The molecule has 0 saturated heterocycles. The fourth-order valence-corrected chi connectivity index (χ4v) is 3.78. The third kappa shape index (κ3) is 2.18. The Labute approximate surface area is 136 Å². The van der Waals surface area contributed by atoms with Crippen LogP contribution in [0.25, 0.3) is 11.4 Å². The lowest BCUT2D eigenvalue weighted by molar-refractivity contribution is 0.377. The molecule has 7 nitrogen and oxygen atoms in total. The van der Waals surface area contributed by atoms with Crippen molar-refractivity contribution in [2.45, 2.75) is 17.4 Å². The quantitative estimate of drug-likeness (QED) is 0.731. The first-order chi connectivity index (χ1) is 11.1. The van der Waals surface area contributed by atoms with E-state index >= 15 is 0 Å². The van der Waals surface area contributed by atoms with E-state index < -0.39 is 5.54 Å². The van der Waals surface area contributed by atoms with Crippen LogP contribution in [0.2, 0.25) is 0 Å².